The van der Waals surface area contributed by atoms with Crippen molar-refractivity contribution in [2.45, 2.75) is 26.3 Å². The Morgan fingerprint density at radius 1 is 1.39 bits per heavy atom. The van der Waals surface area contributed by atoms with Gasteiger partial charge in [0.1, 0.15) is 6.54 Å². The van der Waals surface area contributed by atoms with Crippen LogP contribution in [0.2, 0.25) is 0 Å². The SMILES string of the molecule is CC(C)N(CC(=O)O)C(=O)Cc1cccc(I)c1. The largest absolute Gasteiger partial charge is 0.480 e. The van der Waals surface area contributed by atoms with Crippen molar-refractivity contribution >= 4 is 34.5 Å². The summed E-state index contributed by atoms with van der Waals surface area (Å²) in [6.07, 6.45) is 0.238. The normalized spacial score (nSPS) is 10.4. The van der Waals surface area contributed by atoms with Crippen LogP contribution in [-0.4, -0.2) is 34.5 Å². The van der Waals surface area contributed by atoms with Gasteiger partial charge in [0.05, 0.1) is 6.42 Å². The van der Waals surface area contributed by atoms with Crippen molar-refractivity contribution in [3.63, 3.8) is 0 Å². The minimum absolute atomic E-state index is 0.114. The minimum atomic E-state index is -0.986. The van der Waals surface area contributed by atoms with E-state index in [4.69, 9.17) is 5.11 Å². The van der Waals surface area contributed by atoms with E-state index in [1.54, 1.807) is 0 Å². The Kier molecular flexibility index (Phi) is 5.58. The van der Waals surface area contributed by atoms with E-state index in [-0.39, 0.29) is 24.9 Å². The Morgan fingerprint density at radius 3 is 2.56 bits per heavy atom. The molecule has 18 heavy (non-hydrogen) atoms. The Bertz CT molecular complexity index is 446. The lowest BCUT2D eigenvalue weighted by Gasteiger charge is -2.25. The molecule has 0 saturated carbocycles. The zero-order valence-corrected chi connectivity index (χ0v) is 12.5. The first-order valence-corrected chi connectivity index (χ1v) is 6.73. The molecule has 1 amide bonds. The third-order valence-corrected chi connectivity index (χ3v) is 3.16. The highest BCUT2D eigenvalue weighted by Crippen LogP contribution is 2.10. The van der Waals surface area contributed by atoms with Gasteiger partial charge in [-0.3, -0.25) is 9.59 Å². The van der Waals surface area contributed by atoms with Crippen LogP contribution in [0.1, 0.15) is 19.4 Å². The molecule has 5 heteroatoms. The number of aliphatic carboxylic acids is 1. The van der Waals surface area contributed by atoms with Gasteiger partial charge in [-0.1, -0.05) is 12.1 Å². The average molecular weight is 361 g/mol. The zero-order valence-electron chi connectivity index (χ0n) is 10.4. The van der Waals surface area contributed by atoms with E-state index in [0.29, 0.717) is 0 Å². The molecule has 0 heterocycles. The van der Waals surface area contributed by atoms with Gasteiger partial charge in [-0.05, 0) is 54.1 Å². The topological polar surface area (TPSA) is 57.6 Å². The van der Waals surface area contributed by atoms with Crippen LogP contribution in [0.25, 0.3) is 0 Å². The van der Waals surface area contributed by atoms with Gasteiger partial charge in [0.25, 0.3) is 0 Å². The molecule has 0 unspecified atom stereocenters. The lowest BCUT2D eigenvalue weighted by Crippen LogP contribution is -2.41. The smallest absolute Gasteiger partial charge is 0.323 e. The van der Waals surface area contributed by atoms with Gasteiger partial charge in [0.15, 0.2) is 0 Å². The van der Waals surface area contributed by atoms with Crippen molar-refractivity contribution in [3.8, 4) is 0 Å². The summed E-state index contributed by atoms with van der Waals surface area (Å²) < 4.78 is 1.06. The van der Waals surface area contributed by atoms with Gasteiger partial charge in [-0.2, -0.15) is 0 Å². The quantitative estimate of drug-likeness (QED) is 0.818. The van der Waals surface area contributed by atoms with Crippen LogP contribution < -0.4 is 0 Å². The molecule has 0 aliphatic heterocycles. The second-order valence-electron chi connectivity index (χ2n) is 4.32. The minimum Gasteiger partial charge on any atom is -0.480 e. The first-order valence-electron chi connectivity index (χ1n) is 5.66. The summed E-state index contributed by atoms with van der Waals surface area (Å²) in [5.74, 6) is -1.14. The molecule has 0 fully saturated rings. The van der Waals surface area contributed by atoms with Crippen molar-refractivity contribution in [2.75, 3.05) is 6.54 Å². The molecule has 1 aromatic rings. The Balaban J connectivity index is 2.75. The van der Waals surface area contributed by atoms with Gasteiger partial charge in [0.2, 0.25) is 5.91 Å². The number of carboxylic acids is 1. The predicted octanol–water partition coefficient (Wildman–Crippen LogP) is 2.16. The van der Waals surface area contributed by atoms with E-state index >= 15 is 0 Å². The number of halogens is 1. The molecule has 0 aliphatic carbocycles. The van der Waals surface area contributed by atoms with E-state index in [0.717, 1.165) is 9.13 Å². The highest BCUT2D eigenvalue weighted by atomic mass is 127. The molecule has 0 aromatic heterocycles. The number of hydrogen-bond acceptors (Lipinski definition) is 2. The van der Waals surface area contributed by atoms with E-state index in [1.165, 1.54) is 4.90 Å². The Hall–Kier alpha value is -1.11. The number of hydrogen-bond donors (Lipinski definition) is 1. The fourth-order valence-corrected chi connectivity index (χ4v) is 2.24. The number of rotatable bonds is 5. The second-order valence-corrected chi connectivity index (χ2v) is 5.56. The molecular formula is C13H16INO3. The van der Waals surface area contributed by atoms with Crippen molar-refractivity contribution in [3.05, 3.63) is 33.4 Å². The standard InChI is InChI=1S/C13H16INO3/c1-9(2)15(8-13(17)18)12(16)7-10-4-3-5-11(14)6-10/h3-6,9H,7-8H2,1-2H3,(H,17,18). The van der Waals surface area contributed by atoms with Crippen LogP contribution in [0.15, 0.2) is 24.3 Å². The van der Waals surface area contributed by atoms with Gasteiger partial charge in [0, 0.05) is 9.61 Å². The monoisotopic (exact) mass is 361 g/mol. The highest BCUT2D eigenvalue weighted by Gasteiger charge is 2.19. The van der Waals surface area contributed by atoms with E-state index < -0.39 is 5.97 Å². The van der Waals surface area contributed by atoms with Crippen molar-refractivity contribution in [1.29, 1.82) is 0 Å². The maximum atomic E-state index is 12.1. The number of carbonyl (C=O) groups excluding carboxylic acids is 1. The van der Waals surface area contributed by atoms with E-state index in [9.17, 15) is 9.59 Å². The third kappa shape index (κ3) is 4.64. The predicted molar refractivity (Wildman–Crippen MR) is 77.3 cm³/mol. The molecule has 1 N–H and O–H groups in total. The van der Waals surface area contributed by atoms with E-state index in [1.807, 2.05) is 38.1 Å². The van der Waals surface area contributed by atoms with Crippen LogP contribution >= 0.6 is 22.6 Å². The van der Waals surface area contributed by atoms with Crippen molar-refractivity contribution in [1.82, 2.24) is 4.90 Å². The fraction of sp³-hybridized carbons (Fsp3) is 0.385. The molecule has 98 valence electrons. The first-order chi connectivity index (χ1) is 8.40. The summed E-state index contributed by atoms with van der Waals surface area (Å²) in [7, 11) is 0. The molecular weight excluding hydrogens is 345 g/mol. The summed E-state index contributed by atoms with van der Waals surface area (Å²) in [5.41, 5.74) is 0.905. The summed E-state index contributed by atoms with van der Waals surface area (Å²) in [6, 6.07) is 7.53. The average Bonchev–Trinajstić information content (AvgIpc) is 2.25. The molecule has 0 atom stereocenters. The number of carboxylic acid groups (broad SMARTS) is 1. The number of amides is 1. The lowest BCUT2D eigenvalue weighted by atomic mass is 10.1. The Labute approximate surface area is 120 Å². The third-order valence-electron chi connectivity index (χ3n) is 2.49. The van der Waals surface area contributed by atoms with Crippen LogP contribution in [-0.2, 0) is 16.0 Å². The Morgan fingerprint density at radius 2 is 2.06 bits per heavy atom. The summed E-state index contributed by atoms with van der Waals surface area (Å²) in [5, 5.41) is 8.80. The number of nitrogens with zero attached hydrogens (tertiary/aromatic N) is 1. The van der Waals surface area contributed by atoms with Gasteiger partial charge < -0.3 is 10.0 Å². The van der Waals surface area contributed by atoms with Gasteiger partial charge in [-0.15, -0.1) is 0 Å². The first kappa shape index (κ1) is 14.9. The summed E-state index contributed by atoms with van der Waals surface area (Å²) >= 11 is 2.18. The molecule has 1 aromatic carbocycles. The van der Waals surface area contributed by atoms with Crippen LogP contribution in [0.4, 0.5) is 0 Å². The zero-order chi connectivity index (χ0) is 13.7. The molecule has 0 radical (unpaired) electrons. The lowest BCUT2D eigenvalue weighted by molar-refractivity contribution is -0.145. The van der Waals surface area contributed by atoms with Gasteiger partial charge in [-0.25, -0.2) is 0 Å². The number of carbonyl (C=O) groups is 2. The van der Waals surface area contributed by atoms with Crippen LogP contribution in [0, 0.1) is 3.57 Å². The highest BCUT2D eigenvalue weighted by molar-refractivity contribution is 14.1. The summed E-state index contributed by atoms with van der Waals surface area (Å²) in [4.78, 5) is 24.2. The van der Waals surface area contributed by atoms with Crippen molar-refractivity contribution in [2.24, 2.45) is 0 Å². The molecule has 0 aliphatic rings. The molecule has 4 nitrogen and oxygen atoms in total. The van der Waals surface area contributed by atoms with E-state index in [2.05, 4.69) is 22.6 Å². The van der Waals surface area contributed by atoms with Crippen molar-refractivity contribution < 1.29 is 14.7 Å². The molecule has 0 spiro atoms. The molecule has 0 bridgehead atoms. The number of benzene rings is 1. The van der Waals surface area contributed by atoms with Crippen LogP contribution in [0.5, 0.6) is 0 Å². The van der Waals surface area contributed by atoms with Gasteiger partial charge >= 0.3 is 5.97 Å². The summed E-state index contributed by atoms with van der Waals surface area (Å²) in [6.45, 7) is 3.38. The second kappa shape index (κ2) is 6.72. The maximum Gasteiger partial charge on any atom is 0.323 e. The fourth-order valence-electron chi connectivity index (χ4n) is 1.63. The molecule has 0 saturated heterocycles. The van der Waals surface area contributed by atoms with Crippen LogP contribution in [0.3, 0.4) is 0 Å². The maximum absolute atomic E-state index is 12.1. The molecule has 1 rings (SSSR count).